The SMILES string of the molecule is CCC(O)COC(F)(F)C(F)(F)CC(F)(F)F. The summed E-state index contributed by atoms with van der Waals surface area (Å²) in [5, 5.41) is 8.79. The van der Waals surface area contributed by atoms with Crippen LogP contribution in [0.2, 0.25) is 0 Å². The summed E-state index contributed by atoms with van der Waals surface area (Å²) in [6.07, 6.45) is -15.2. The van der Waals surface area contributed by atoms with Gasteiger partial charge < -0.3 is 9.84 Å². The Balaban J connectivity index is 4.56. The molecule has 0 aliphatic rings. The Bertz CT molecular complexity index is 239. The van der Waals surface area contributed by atoms with Gasteiger partial charge in [-0.05, 0) is 6.42 Å². The number of aliphatic hydroxyl groups excluding tert-OH is 1. The topological polar surface area (TPSA) is 29.5 Å². The molecule has 0 aliphatic heterocycles. The number of halogens is 7. The molecule has 0 fully saturated rings. The summed E-state index contributed by atoms with van der Waals surface area (Å²) in [6, 6.07) is 0. The van der Waals surface area contributed by atoms with Gasteiger partial charge in [-0.3, -0.25) is 0 Å². The lowest BCUT2D eigenvalue weighted by atomic mass is 10.2. The first-order valence-electron chi connectivity index (χ1n) is 4.55. The van der Waals surface area contributed by atoms with Crippen LogP contribution < -0.4 is 0 Å². The molecular weight excluding hydrogens is 261 g/mol. The minimum absolute atomic E-state index is 0.0546. The molecule has 1 N–H and O–H groups in total. The molecule has 9 heteroatoms. The van der Waals surface area contributed by atoms with Crippen molar-refractivity contribution in [3.63, 3.8) is 0 Å². The van der Waals surface area contributed by atoms with E-state index in [1.807, 2.05) is 0 Å². The van der Waals surface area contributed by atoms with Crippen LogP contribution in [-0.4, -0.2) is 36.0 Å². The van der Waals surface area contributed by atoms with Crippen molar-refractivity contribution >= 4 is 0 Å². The predicted molar refractivity (Wildman–Crippen MR) is 42.8 cm³/mol. The Hall–Kier alpha value is -0.570. The van der Waals surface area contributed by atoms with Gasteiger partial charge in [0.1, 0.15) is 6.42 Å². The van der Waals surface area contributed by atoms with Gasteiger partial charge in [0.15, 0.2) is 0 Å². The fourth-order valence-electron chi connectivity index (χ4n) is 0.779. The summed E-state index contributed by atoms with van der Waals surface area (Å²) in [4.78, 5) is 0. The highest BCUT2D eigenvalue weighted by atomic mass is 19.4. The highest BCUT2D eigenvalue weighted by molar-refractivity contribution is 4.80. The van der Waals surface area contributed by atoms with Crippen molar-refractivity contribution in [1.82, 2.24) is 0 Å². The average molecular weight is 272 g/mol. The largest absolute Gasteiger partial charge is 0.419 e. The third-order valence-electron chi connectivity index (χ3n) is 1.78. The standard InChI is InChI=1S/C8H11F7O2/c1-2-5(16)3-17-8(14,15)6(9,10)4-7(11,12)13/h5,16H,2-4H2,1H3. The van der Waals surface area contributed by atoms with Crippen LogP contribution in [0.3, 0.4) is 0 Å². The minimum atomic E-state index is -5.44. The van der Waals surface area contributed by atoms with E-state index < -0.39 is 37.3 Å². The zero-order valence-corrected chi connectivity index (χ0v) is 8.70. The highest BCUT2D eigenvalue weighted by Gasteiger charge is 2.62. The molecule has 0 bridgehead atoms. The molecule has 0 aliphatic carbocycles. The van der Waals surface area contributed by atoms with E-state index in [2.05, 4.69) is 4.74 Å². The van der Waals surface area contributed by atoms with Crippen LogP contribution in [0, 0.1) is 0 Å². The molecule has 0 amide bonds. The fourth-order valence-corrected chi connectivity index (χ4v) is 0.779. The first-order valence-corrected chi connectivity index (χ1v) is 4.55. The summed E-state index contributed by atoms with van der Waals surface area (Å²) in [7, 11) is 0. The zero-order chi connectivity index (χ0) is 13.9. The normalized spacial score (nSPS) is 16.1. The second-order valence-electron chi connectivity index (χ2n) is 3.39. The number of rotatable bonds is 6. The molecule has 0 rings (SSSR count). The molecule has 17 heavy (non-hydrogen) atoms. The first kappa shape index (κ1) is 16.4. The van der Waals surface area contributed by atoms with Crippen molar-refractivity contribution in [3.8, 4) is 0 Å². The van der Waals surface area contributed by atoms with E-state index in [9.17, 15) is 30.7 Å². The number of alkyl halides is 7. The Morgan fingerprint density at radius 1 is 1.06 bits per heavy atom. The van der Waals surface area contributed by atoms with Gasteiger partial charge in [-0.2, -0.15) is 30.7 Å². The van der Waals surface area contributed by atoms with Crippen molar-refractivity contribution in [2.75, 3.05) is 6.61 Å². The summed E-state index contributed by atoms with van der Waals surface area (Å²) in [5.74, 6) is -5.38. The van der Waals surface area contributed by atoms with Gasteiger partial charge in [0.25, 0.3) is 0 Å². The van der Waals surface area contributed by atoms with Gasteiger partial charge in [-0.25, -0.2) is 0 Å². The summed E-state index contributed by atoms with van der Waals surface area (Å²) in [5.41, 5.74) is 0. The van der Waals surface area contributed by atoms with Crippen LogP contribution in [0.4, 0.5) is 30.7 Å². The van der Waals surface area contributed by atoms with E-state index in [1.54, 1.807) is 0 Å². The lowest BCUT2D eigenvalue weighted by Gasteiger charge is -2.27. The molecule has 0 aromatic carbocycles. The van der Waals surface area contributed by atoms with Crippen molar-refractivity contribution in [3.05, 3.63) is 0 Å². The maximum absolute atomic E-state index is 12.6. The third-order valence-corrected chi connectivity index (χ3v) is 1.78. The van der Waals surface area contributed by atoms with Crippen LogP contribution in [0.5, 0.6) is 0 Å². The Morgan fingerprint density at radius 3 is 1.88 bits per heavy atom. The Kier molecular flexibility index (Phi) is 5.20. The molecule has 0 spiro atoms. The maximum Gasteiger partial charge on any atom is 0.419 e. The van der Waals surface area contributed by atoms with Gasteiger partial charge in [-0.15, -0.1) is 0 Å². The van der Waals surface area contributed by atoms with Gasteiger partial charge in [0.2, 0.25) is 0 Å². The van der Waals surface area contributed by atoms with E-state index in [4.69, 9.17) is 5.11 Å². The van der Waals surface area contributed by atoms with Crippen molar-refractivity contribution in [2.45, 2.75) is 44.1 Å². The quantitative estimate of drug-likeness (QED) is 0.753. The summed E-state index contributed by atoms with van der Waals surface area (Å²) in [6.45, 7) is 0.191. The molecule has 0 heterocycles. The summed E-state index contributed by atoms with van der Waals surface area (Å²) >= 11 is 0. The Morgan fingerprint density at radius 2 is 1.53 bits per heavy atom. The lowest BCUT2D eigenvalue weighted by Crippen LogP contribution is -2.46. The molecule has 0 saturated heterocycles. The average Bonchev–Trinajstić information content (AvgIpc) is 2.10. The van der Waals surface area contributed by atoms with Gasteiger partial charge in [0.05, 0.1) is 12.7 Å². The number of aliphatic hydroxyl groups is 1. The zero-order valence-electron chi connectivity index (χ0n) is 8.70. The molecule has 0 radical (unpaired) electrons. The molecule has 1 unspecified atom stereocenters. The fraction of sp³-hybridized carbons (Fsp3) is 1.00. The highest BCUT2D eigenvalue weighted by Crippen LogP contribution is 2.43. The monoisotopic (exact) mass is 272 g/mol. The summed E-state index contributed by atoms with van der Waals surface area (Å²) < 4.78 is 88.7. The van der Waals surface area contributed by atoms with Crippen LogP contribution in [0.1, 0.15) is 19.8 Å². The molecule has 0 aromatic heterocycles. The van der Waals surface area contributed by atoms with Gasteiger partial charge in [-0.1, -0.05) is 6.92 Å². The molecule has 0 saturated carbocycles. The van der Waals surface area contributed by atoms with E-state index in [0.29, 0.717) is 0 Å². The van der Waals surface area contributed by atoms with Crippen molar-refractivity contribution < 1.29 is 40.6 Å². The number of hydrogen-bond acceptors (Lipinski definition) is 2. The van der Waals surface area contributed by atoms with Crippen molar-refractivity contribution in [2.24, 2.45) is 0 Å². The Labute approximate surface area is 92.4 Å². The molecule has 104 valence electrons. The van der Waals surface area contributed by atoms with Crippen LogP contribution in [0.25, 0.3) is 0 Å². The smallest absolute Gasteiger partial charge is 0.391 e. The first-order chi connectivity index (χ1) is 7.41. The third kappa shape index (κ3) is 5.53. The maximum atomic E-state index is 12.6. The van der Waals surface area contributed by atoms with Crippen molar-refractivity contribution in [1.29, 1.82) is 0 Å². The second kappa shape index (κ2) is 5.38. The van der Waals surface area contributed by atoms with E-state index in [-0.39, 0.29) is 6.42 Å². The van der Waals surface area contributed by atoms with Gasteiger partial charge in [0, 0.05) is 0 Å². The lowest BCUT2D eigenvalue weighted by molar-refractivity contribution is -0.369. The van der Waals surface area contributed by atoms with E-state index in [0.717, 1.165) is 0 Å². The predicted octanol–water partition coefficient (Wildman–Crippen LogP) is 2.95. The molecule has 0 aromatic rings. The van der Waals surface area contributed by atoms with Crippen LogP contribution >= 0.6 is 0 Å². The van der Waals surface area contributed by atoms with E-state index >= 15 is 0 Å². The molecule has 2 nitrogen and oxygen atoms in total. The minimum Gasteiger partial charge on any atom is -0.391 e. The number of hydrogen-bond donors (Lipinski definition) is 1. The second-order valence-corrected chi connectivity index (χ2v) is 3.39. The van der Waals surface area contributed by atoms with Crippen LogP contribution in [0.15, 0.2) is 0 Å². The molecule has 1 atom stereocenters. The number of ether oxygens (including phenoxy) is 1. The van der Waals surface area contributed by atoms with E-state index in [1.165, 1.54) is 6.92 Å². The van der Waals surface area contributed by atoms with Gasteiger partial charge >= 0.3 is 18.2 Å². The van der Waals surface area contributed by atoms with Crippen LogP contribution in [-0.2, 0) is 4.74 Å². The molecular formula is C8H11F7O2.